The fourth-order valence-corrected chi connectivity index (χ4v) is 5.99. The zero-order valence-corrected chi connectivity index (χ0v) is 24.9. The van der Waals surface area contributed by atoms with E-state index in [0.29, 0.717) is 17.5 Å². The second-order valence-corrected chi connectivity index (χ2v) is 11.4. The van der Waals surface area contributed by atoms with Crippen LogP contribution in [0, 0.1) is 0 Å². The van der Waals surface area contributed by atoms with Crippen LogP contribution < -0.4 is 0 Å². The molecule has 8 rings (SSSR count). The molecule has 0 spiro atoms. The third-order valence-corrected chi connectivity index (χ3v) is 8.15. The second-order valence-electron chi connectivity index (χ2n) is 10.5. The van der Waals surface area contributed by atoms with Gasteiger partial charge in [-0.3, -0.25) is 4.98 Å². The molecule has 0 aliphatic rings. The Morgan fingerprint density at radius 2 is 0.977 bits per heavy atom. The van der Waals surface area contributed by atoms with Crippen LogP contribution in [0.5, 0.6) is 0 Å². The topological polar surface area (TPSA) is 64.7 Å². The van der Waals surface area contributed by atoms with Crippen molar-refractivity contribution in [2.24, 2.45) is 0 Å². The van der Waals surface area contributed by atoms with Gasteiger partial charge in [-0.1, -0.05) is 94.8 Å². The minimum atomic E-state index is 0.583. The first-order valence-electron chi connectivity index (χ1n) is 14.2. The number of nitrogens with zero attached hydrogens (tertiary/aromatic N) is 4. The van der Waals surface area contributed by atoms with Gasteiger partial charge in [-0.25, -0.2) is 15.0 Å². The van der Waals surface area contributed by atoms with E-state index in [4.69, 9.17) is 19.4 Å². The molecule has 5 aromatic carbocycles. The molecule has 0 bridgehead atoms. The molecule has 0 amide bonds. The largest absolute Gasteiger partial charge is 0.456 e. The van der Waals surface area contributed by atoms with Gasteiger partial charge in [0.25, 0.3) is 0 Å². The number of hydrogen-bond donors (Lipinski definition) is 0. The van der Waals surface area contributed by atoms with Crippen LogP contribution in [0.25, 0.3) is 78.4 Å². The van der Waals surface area contributed by atoms with Crippen molar-refractivity contribution in [2.75, 3.05) is 0 Å². The molecule has 3 aromatic heterocycles. The van der Waals surface area contributed by atoms with Gasteiger partial charge in [-0.05, 0) is 70.8 Å². The van der Waals surface area contributed by atoms with Gasteiger partial charge < -0.3 is 4.42 Å². The Hall–Kier alpha value is -5.46. The maximum Gasteiger partial charge on any atom is 0.164 e. The van der Waals surface area contributed by atoms with E-state index in [1.165, 1.54) is 0 Å². The van der Waals surface area contributed by atoms with Crippen molar-refractivity contribution >= 4 is 37.9 Å². The molecule has 0 radical (unpaired) electrons. The van der Waals surface area contributed by atoms with Crippen LogP contribution in [0.1, 0.15) is 0 Å². The lowest BCUT2D eigenvalue weighted by Crippen LogP contribution is -2.00. The first kappa shape index (κ1) is 26.2. The smallest absolute Gasteiger partial charge is 0.164 e. The van der Waals surface area contributed by atoms with Crippen LogP contribution in [0.15, 0.2) is 149 Å². The first-order chi connectivity index (χ1) is 21.7. The summed E-state index contributed by atoms with van der Waals surface area (Å²) >= 11 is 3.74. The third kappa shape index (κ3) is 4.95. The zero-order valence-electron chi connectivity index (χ0n) is 23.4. The van der Waals surface area contributed by atoms with E-state index in [1.54, 1.807) is 0 Å². The molecule has 0 aliphatic carbocycles. The van der Waals surface area contributed by atoms with Crippen molar-refractivity contribution in [1.82, 2.24) is 19.9 Å². The molecule has 6 heteroatoms. The summed E-state index contributed by atoms with van der Waals surface area (Å²) < 4.78 is 7.12. The van der Waals surface area contributed by atoms with Crippen molar-refractivity contribution in [3.8, 4) is 56.4 Å². The minimum Gasteiger partial charge on any atom is -0.456 e. The van der Waals surface area contributed by atoms with Crippen LogP contribution in [-0.2, 0) is 0 Å². The maximum absolute atomic E-state index is 6.18. The molecule has 0 saturated heterocycles. The van der Waals surface area contributed by atoms with Crippen LogP contribution >= 0.6 is 15.9 Å². The average Bonchev–Trinajstić information content (AvgIpc) is 3.47. The Balaban J connectivity index is 1.24. The Morgan fingerprint density at radius 1 is 0.409 bits per heavy atom. The molecule has 5 nitrogen and oxygen atoms in total. The number of hydrogen-bond acceptors (Lipinski definition) is 5. The van der Waals surface area contributed by atoms with E-state index in [1.807, 2.05) is 85.2 Å². The predicted molar refractivity (Wildman–Crippen MR) is 180 cm³/mol. The van der Waals surface area contributed by atoms with Gasteiger partial charge in [0.2, 0.25) is 0 Å². The van der Waals surface area contributed by atoms with Gasteiger partial charge in [-0.15, -0.1) is 0 Å². The number of para-hydroxylation sites is 1. The van der Waals surface area contributed by atoms with E-state index in [9.17, 15) is 0 Å². The van der Waals surface area contributed by atoms with Gasteiger partial charge in [-0.2, -0.15) is 0 Å². The number of fused-ring (bicyclic) bond motifs is 3. The zero-order chi connectivity index (χ0) is 29.5. The van der Waals surface area contributed by atoms with E-state index in [-0.39, 0.29) is 0 Å². The minimum absolute atomic E-state index is 0.583. The highest BCUT2D eigenvalue weighted by Gasteiger charge is 2.16. The van der Waals surface area contributed by atoms with Crippen LogP contribution in [0.4, 0.5) is 0 Å². The fourth-order valence-electron chi connectivity index (χ4n) is 5.50. The summed E-state index contributed by atoms with van der Waals surface area (Å²) in [6.45, 7) is 0. The quantitative estimate of drug-likeness (QED) is 0.189. The van der Waals surface area contributed by atoms with E-state index in [0.717, 1.165) is 65.4 Å². The summed E-state index contributed by atoms with van der Waals surface area (Å²) in [4.78, 5) is 19.0. The number of halogens is 1. The maximum atomic E-state index is 6.18. The van der Waals surface area contributed by atoms with Crippen molar-refractivity contribution in [3.05, 3.63) is 144 Å². The standard InChI is InChI=1S/C38H23BrN4O/c39-31-21-29(25-12-10-24(11-13-25)26-16-18-40-19-17-26)20-30(22-31)38-42-36(27-6-2-1-3-7-27)41-37(43-38)28-14-15-33-32-8-4-5-9-34(32)44-35(33)23-28/h1-23H. The molecule has 0 unspecified atom stereocenters. The molecule has 0 N–H and O–H groups in total. The van der Waals surface area contributed by atoms with Gasteiger partial charge in [0, 0.05) is 44.3 Å². The molecule has 44 heavy (non-hydrogen) atoms. The van der Waals surface area contributed by atoms with Crippen LogP contribution in [-0.4, -0.2) is 19.9 Å². The van der Waals surface area contributed by atoms with E-state index >= 15 is 0 Å². The fraction of sp³-hybridized carbons (Fsp3) is 0. The molecule has 208 valence electrons. The Labute approximate surface area is 262 Å². The summed E-state index contributed by atoms with van der Waals surface area (Å²) in [6, 6.07) is 43.1. The summed E-state index contributed by atoms with van der Waals surface area (Å²) in [5, 5.41) is 2.15. The molecular weight excluding hydrogens is 608 g/mol. The Morgan fingerprint density at radius 3 is 1.75 bits per heavy atom. The summed E-state index contributed by atoms with van der Waals surface area (Å²) in [7, 11) is 0. The van der Waals surface area contributed by atoms with Gasteiger partial charge >= 0.3 is 0 Å². The van der Waals surface area contributed by atoms with Crippen molar-refractivity contribution in [3.63, 3.8) is 0 Å². The van der Waals surface area contributed by atoms with Crippen LogP contribution in [0.3, 0.4) is 0 Å². The molecule has 0 atom stereocenters. The highest BCUT2D eigenvalue weighted by Crippen LogP contribution is 2.34. The first-order valence-corrected chi connectivity index (χ1v) is 15.0. The Bertz CT molecular complexity index is 2280. The van der Waals surface area contributed by atoms with E-state index in [2.05, 4.69) is 75.5 Å². The third-order valence-electron chi connectivity index (χ3n) is 7.69. The average molecular weight is 632 g/mol. The monoisotopic (exact) mass is 630 g/mol. The lowest BCUT2D eigenvalue weighted by Gasteiger charge is -2.11. The van der Waals surface area contributed by atoms with E-state index < -0.39 is 0 Å². The molecule has 3 heterocycles. The number of rotatable bonds is 5. The van der Waals surface area contributed by atoms with Gasteiger partial charge in [0.1, 0.15) is 11.2 Å². The molecule has 8 aromatic rings. The Kier molecular flexibility index (Phi) is 6.54. The molecule has 0 fully saturated rings. The number of pyridine rings is 1. The van der Waals surface area contributed by atoms with Gasteiger partial charge in [0.05, 0.1) is 0 Å². The molecule has 0 saturated carbocycles. The summed E-state index contributed by atoms with van der Waals surface area (Å²) in [6.07, 6.45) is 3.62. The molecular formula is C38H23BrN4O. The summed E-state index contributed by atoms with van der Waals surface area (Å²) in [5.74, 6) is 1.78. The van der Waals surface area contributed by atoms with Crippen molar-refractivity contribution in [1.29, 1.82) is 0 Å². The van der Waals surface area contributed by atoms with Crippen LogP contribution in [0.2, 0.25) is 0 Å². The molecule has 0 aliphatic heterocycles. The highest BCUT2D eigenvalue weighted by atomic mass is 79.9. The lowest BCUT2D eigenvalue weighted by molar-refractivity contribution is 0.669. The van der Waals surface area contributed by atoms with Crippen molar-refractivity contribution < 1.29 is 4.42 Å². The number of benzene rings is 5. The SMILES string of the molecule is Brc1cc(-c2ccc(-c3ccncc3)cc2)cc(-c2nc(-c3ccccc3)nc(-c3ccc4c(c3)oc3ccccc34)n2)c1. The second kappa shape index (κ2) is 11.0. The number of furan rings is 1. The lowest BCUT2D eigenvalue weighted by atomic mass is 9.99. The highest BCUT2D eigenvalue weighted by molar-refractivity contribution is 9.10. The number of aromatic nitrogens is 4. The van der Waals surface area contributed by atoms with Crippen molar-refractivity contribution in [2.45, 2.75) is 0 Å². The predicted octanol–water partition coefficient (Wildman–Crippen LogP) is 10.3. The summed E-state index contributed by atoms with van der Waals surface area (Å²) in [5.41, 5.74) is 8.75. The van der Waals surface area contributed by atoms with Gasteiger partial charge in [0.15, 0.2) is 17.5 Å². The normalized spacial score (nSPS) is 11.3.